The lowest BCUT2D eigenvalue weighted by molar-refractivity contribution is -0.113. The number of halogens is 1. The number of hydrogen-bond donors (Lipinski definition) is 2. The molecule has 1 fully saturated rings. The van der Waals surface area contributed by atoms with E-state index in [9.17, 15) is 9.59 Å². The Kier molecular flexibility index (Phi) is 5.78. The third kappa shape index (κ3) is 4.54. The molecule has 2 N–H and O–H groups in total. The molecule has 1 aromatic carbocycles. The summed E-state index contributed by atoms with van der Waals surface area (Å²) in [4.78, 5) is 27.7. The van der Waals surface area contributed by atoms with E-state index in [4.69, 9.17) is 16.3 Å². The van der Waals surface area contributed by atoms with E-state index in [1.54, 1.807) is 18.2 Å². The van der Waals surface area contributed by atoms with Crippen molar-refractivity contribution in [3.8, 4) is 0 Å². The van der Waals surface area contributed by atoms with Gasteiger partial charge in [-0.15, -0.1) is 11.6 Å². The minimum absolute atomic E-state index is 0.146. The Hall–Kier alpha value is -2.54. The van der Waals surface area contributed by atoms with E-state index >= 15 is 0 Å². The molecular formula is C18H21ClN4O3. The van der Waals surface area contributed by atoms with Crippen molar-refractivity contribution in [1.82, 2.24) is 9.55 Å². The Morgan fingerprint density at radius 2 is 2.15 bits per heavy atom. The van der Waals surface area contributed by atoms with Crippen LogP contribution in [0.5, 0.6) is 0 Å². The molecule has 0 radical (unpaired) electrons. The van der Waals surface area contributed by atoms with Crippen molar-refractivity contribution in [3.63, 3.8) is 0 Å². The highest BCUT2D eigenvalue weighted by Crippen LogP contribution is 2.31. The number of rotatable bonds is 8. The SMILES string of the molecule is COC(=O)c1ccc(NC(=O)CCl)c(NCc2cncn2CC2CC2)c1. The van der Waals surface area contributed by atoms with E-state index in [-0.39, 0.29) is 11.8 Å². The molecule has 0 atom stereocenters. The number of hydrogen-bond acceptors (Lipinski definition) is 5. The van der Waals surface area contributed by atoms with Crippen LogP contribution in [0.2, 0.25) is 0 Å². The number of nitrogens with one attached hydrogen (secondary N) is 2. The van der Waals surface area contributed by atoms with E-state index in [0.29, 0.717) is 23.5 Å². The predicted octanol–water partition coefficient (Wildman–Crippen LogP) is 2.87. The molecule has 1 amide bonds. The van der Waals surface area contributed by atoms with Gasteiger partial charge in [0.1, 0.15) is 5.88 Å². The number of nitrogens with zero attached hydrogens (tertiary/aromatic N) is 2. The van der Waals surface area contributed by atoms with E-state index in [2.05, 4.69) is 20.2 Å². The van der Waals surface area contributed by atoms with Crippen molar-refractivity contribution in [1.29, 1.82) is 0 Å². The molecule has 0 unspecified atom stereocenters. The second-order valence-electron chi connectivity index (χ2n) is 6.27. The first kappa shape index (κ1) is 18.3. The number of carbonyl (C=O) groups is 2. The molecule has 138 valence electrons. The van der Waals surface area contributed by atoms with Crippen molar-refractivity contribution in [2.75, 3.05) is 23.6 Å². The summed E-state index contributed by atoms with van der Waals surface area (Å²) in [5.74, 6) is -0.169. The average Bonchev–Trinajstić information content (AvgIpc) is 3.37. The first-order valence-electron chi connectivity index (χ1n) is 8.41. The Bertz CT molecular complexity index is 801. The van der Waals surface area contributed by atoms with Gasteiger partial charge in [0.25, 0.3) is 0 Å². The number of benzene rings is 1. The molecular weight excluding hydrogens is 356 g/mol. The number of anilines is 2. The molecule has 1 heterocycles. The molecule has 0 spiro atoms. The minimum atomic E-state index is -0.443. The molecule has 3 rings (SSSR count). The third-order valence-electron chi connectivity index (χ3n) is 4.25. The average molecular weight is 377 g/mol. The van der Waals surface area contributed by atoms with Gasteiger partial charge >= 0.3 is 5.97 Å². The number of imidazole rings is 1. The molecule has 2 aromatic rings. The van der Waals surface area contributed by atoms with Gasteiger partial charge in [-0.3, -0.25) is 4.79 Å². The molecule has 8 heteroatoms. The molecule has 1 saturated carbocycles. The zero-order valence-electron chi connectivity index (χ0n) is 14.5. The minimum Gasteiger partial charge on any atom is -0.465 e. The van der Waals surface area contributed by atoms with Crippen LogP contribution in [0.15, 0.2) is 30.7 Å². The van der Waals surface area contributed by atoms with Gasteiger partial charge in [-0.25, -0.2) is 9.78 Å². The molecule has 7 nitrogen and oxygen atoms in total. The van der Waals surface area contributed by atoms with Gasteiger partial charge in [0, 0.05) is 12.7 Å². The summed E-state index contributed by atoms with van der Waals surface area (Å²) >= 11 is 5.57. The maximum Gasteiger partial charge on any atom is 0.337 e. The van der Waals surface area contributed by atoms with Gasteiger partial charge < -0.3 is 19.9 Å². The fourth-order valence-corrected chi connectivity index (χ4v) is 2.72. The lowest BCUT2D eigenvalue weighted by Crippen LogP contribution is -2.16. The first-order valence-corrected chi connectivity index (χ1v) is 8.95. The third-order valence-corrected chi connectivity index (χ3v) is 4.49. The van der Waals surface area contributed by atoms with Crippen LogP contribution in [0.4, 0.5) is 11.4 Å². The molecule has 26 heavy (non-hydrogen) atoms. The topological polar surface area (TPSA) is 85.2 Å². The van der Waals surface area contributed by atoms with Crippen LogP contribution in [-0.4, -0.2) is 34.4 Å². The Morgan fingerprint density at radius 3 is 2.85 bits per heavy atom. The van der Waals surface area contributed by atoms with Gasteiger partial charge in [-0.05, 0) is 37.0 Å². The summed E-state index contributed by atoms with van der Waals surface area (Å²) in [5.41, 5.74) is 2.60. The normalized spacial score (nSPS) is 13.3. The van der Waals surface area contributed by atoms with Crippen molar-refractivity contribution >= 4 is 34.9 Å². The van der Waals surface area contributed by atoms with Crippen molar-refractivity contribution in [2.45, 2.75) is 25.9 Å². The number of carbonyl (C=O) groups excluding carboxylic acids is 2. The second kappa shape index (κ2) is 8.23. The van der Waals surface area contributed by atoms with Crippen LogP contribution in [0.1, 0.15) is 28.9 Å². The van der Waals surface area contributed by atoms with Gasteiger partial charge in [0.15, 0.2) is 0 Å². The van der Waals surface area contributed by atoms with Gasteiger partial charge in [0.2, 0.25) is 5.91 Å². The largest absolute Gasteiger partial charge is 0.465 e. The number of ether oxygens (including phenoxy) is 1. The summed E-state index contributed by atoms with van der Waals surface area (Å²) in [6, 6.07) is 4.90. The number of methoxy groups -OCH3 is 1. The predicted molar refractivity (Wildman–Crippen MR) is 99.4 cm³/mol. The van der Waals surface area contributed by atoms with Crippen LogP contribution in [0, 0.1) is 5.92 Å². The lowest BCUT2D eigenvalue weighted by Gasteiger charge is -2.15. The summed E-state index contributed by atoms with van der Waals surface area (Å²) < 4.78 is 6.90. The number of aromatic nitrogens is 2. The van der Waals surface area contributed by atoms with Crippen molar-refractivity contribution < 1.29 is 14.3 Å². The van der Waals surface area contributed by atoms with Crippen LogP contribution < -0.4 is 10.6 Å². The first-order chi connectivity index (χ1) is 12.6. The molecule has 1 aliphatic rings. The number of esters is 1. The fourth-order valence-electron chi connectivity index (χ4n) is 2.65. The monoisotopic (exact) mass is 376 g/mol. The van der Waals surface area contributed by atoms with Gasteiger partial charge in [-0.2, -0.15) is 0 Å². The van der Waals surface area contributed by atoms with E-state index in [1.807, 2.05) is 12.5 Å². The summed E-state index contributed by atoms with van der Waals surface area (Å²) in [7, 11) is 1.33. The van der Waals surface area contributed by atoms with Crippen LogP contribution >= 0.6 is 11.6 Å². The Labute approximate surface area is 156 Å². The van der Waals surface area contributed by atoms with Crippen LogP contribution in [0.25, 0.3) is 0 Å². The Balaban J connectivity index is 1.78. The molecule has 0 aliphatic heterocycles. The van der Waals surface area contributed by atoms with Crippen LogP contribution in [0.3, 0.4) is 0 Å². The zero-order chi connectivity index (χ0) is 18.5. The Morgan fingerprint density at radius 1 is 1.35 bits per heavy atom. The van der Waals surface area contributed by atoms with Gasteiger partial charge in [0.05, 0.1) is 42.6 Å². The van der Waals surface area contributed by atoms with Crippen molar-refractivity contribution in [2.24, 2.45) is 5.92 Å². The maximum atomic E-state index is 11.8. The highest BCUT2D eigenvalue weighted by Gasteiger charge is 2.22. The highest BCUT2D eigenvalue weighted by atomic mass is 35.5. The number of amides is 1. The lowest BCUT2D eigenvalue weighted by atomic mass is 10.1. The molecule has 0 saturated heterocycles. The molecule has 0 bridgehead atoms. The quantitative estimate of drug-likeness (QED) is 0.546. The van der Waals surface area contributed by atoms with Crippen molar-refractivity contribution in [3.05, 3.63) is 42.0 Å². The molecule has 1 aromatic heterocycles. The van der Waals surface area contributed by atoms with Gasteiger partial charge in [-0.1, -0.05) is 0 Å². The van der Waals surface area contributed by atoms with E-state index < -0.39 is 5.97 Å². The maximum absolute atomic E-state index is 11.8. The second-order valence-corrected chi connectivity index (χ2v) is 6.54. The summed E-state index contributed by atoms with van der Waals surface area (Å²) in [5, 5.41) is 6.00. The number of alkyl halides is 1. The standard InChI is InChI=1S/C18H21ClN4O3/c1-26-18(25)13-4-5-15(22-17(24)7-19)16(6-13)21-9-14-8-20-11-23(14)10-12-2-3-12/h4-6,8,11-12,21H,2-3,7,9-10H2,1H3,(H,22,24). The fraction of sp³-hybridized carbons (Fsp3) is 0.389. The van der Waals surface area contributed by atoms with Crippen LogP contribution in [-0.2, 0) is 22.6 Å². The summed E-state index contributed by atoms with van der Waals surface area (Å²) in [6.45, 7) is 1.48. The summed E-state index contributed by atoms with van der Waals surface area (Å²) in [6.07, 6.45) is 6.18. The smallest absolute Gasteiger partial charge is 0.337 e. The highest BCUT2D eigenvalue weighted by molar-refractivity contribution is 6.29. The van der Waals surface area contributed by atoms with E-state index in [1.165, 1.54) is 20.0 Å². The molecule has 1 aliphatic carbocycles. The zero-order valence-corrected chi connectivity index (χ0v) is 15.3. The van der Waals surface area contributed by atoms with E-state index in [0.717, 1.165) is 18.2 Å².